The zero-order valence-corrected chi connectivity index (χ0v) is 13.7. The molecule has 6 nitrogen and oxygen atoms in total. The van der Waals surface area contributed by atoms with Crippen LogP contribution in [0.1, 0.15) is 18.5 Å². The first-order valence-electron chi connectivity index (χ1n) is 8.05. The van der Waals surface area contributed by atoms with Gasteiger partial charge in [-0.3, -0.25) is 4.90 Å². The summed E-state index contributed by atoms with van der Waals surface area (Å²) >= 11 is 1.63. The Hall–Kier alpha value is -1.86. The maximum atomic E-state index is 11.8. The van der Waals surface area contributed by atoms with Gasteiger partial charge in [0.2, 0.25) is 5.89 Å². The van der Waals surface area contributed by atoms with Crippen LogP contribution >= 0.6 is 11.3 Å². The summed E-state index contributed by atoms with van der Waals surface area (Å²) in [6.45, 7) is 4.33. The molecule has 0 aliphatic carbocycles. The van der Waals surface area contributed by atoms with Crippen molar-refractivity contribution >= 4 is 17.4 Å². The van der Waals surface area contributed by atoms with Crippen molar-refractivity contribution in [3.8, 4) is 10.8 Å². The molecule has 122 valence electrons. The second-order valence-electron chi connectivity index (χ2n) is 6.08. The Bertz CT molecular complexity index is 669. The fraction of sp³-hybridized carbons (Fsp3) is 0.500. The van der Waals surface area contributed by atoms with Crippen molar-refractivity contribution in [2.45, 2.75) is 25.4 Å². The molecule has 0 bridgehead atoms. The van der Waals surface area contributed by atoms with E-state index < -0.39 is 0 Å². The summed E-state index contributed by atoms with van der Waals surface area (Å²) in [6.07, 6.45) is 3.95. The minimum absolute atomic E-state index is 0.0817. The first-order chi connectivity index (χ1) is 11.3. The van der Waals surface area contributed by atoms with Crippen molar-refractivity contribution in [1.82, 2.24) is 20.1 Å². The molecule has 2 aliphatic heterocycles. The average molecular weight is 332 g/mol. The molecule has 2 aliphatic rings. The number of amides is 2. The van der Waals surface area contributed by atoms with Crippen molar-refractivity contribution in [3.63, 3.8) is 0 Å². The van der Waals surface area contributed by atoms with Crippen LogP contribution in [0, 0.1) is 0 Å². The van der Waals surface area contributed by atoms with Gasteiger partial charge in [0.1, 0.15) is 6.26 Å². The van der Waals surface area contributed by atoms with E-state index in [4.69, 9.17) is 4.42 Å². The number of oxazole rings is 1. The van der Waals surface area contributed by atoms with Crippen LogP contribution in [0.2, 0.25) is 0 Å². The standard InChI is InChI=1S/C16H20N4O2S/c21-16-17-5-7-20(16)13-3-1-6-19(10-13)9-12-11-22-15(18-12)14-4-2-8-23-14/h2,4,8,11,13H,1,3,5-7,9-10H2,(H,17,21)/t13-/m1/s1. The van der Waals surface area contributed by atoms with Crippen LogP contribution < -0.4 is 5.32 Å². The predicted octanol–water partition coefficient (Wildman–Crippen LogP) is 2.39. The van der Waals surface area contributed by atoms with E-state index >= 15 is 0 Å². The second kappa shape index (κ2) is 6.33. The normalized spacial score (nSPS) is 22.5. The van der Waals surface area contributed by atoms with Crippen LogP contribution in [-0.4, -0.2) is 53.0 Å². The molecule has 0 aromatic carbocycles. The van der Waals surface area contributed by atoms with Crippen molar-refractivity contribution in [3.05, 3.63) is 29.5 Å². The third kappa shape index (κ3) is 3.11. The van der Waals surface area contributed by atoms with E-state index in [1.54, 1.807) is 17.6 Å². The Morgan fingerprint density at radius 2 is 2.39 bits per heavy atom. The second-order valence-corrected chi connectivity index (χ2v) is 7.03. The van der Waals surface area contributed by atoms with Gasteiger partial charge in [-0.05, 0) is 30.8 Å². The number of hydrogen-bond donors (Lipinski definition) is 1. The Balaban J connectivity index is 1.39. The number of carbonyl (C=O) groups is 1. The summed E-state index contributed by atoms with van der Waals surface area (Å²) in [5, 5.41) is 4.92. The van der Waals surface area contributed by atoms with Crippen LogP contribution in [-0.2, 0) is 6.54 Å². The molecule has 2 fully saturated rings. The molecule has 1 atom stereocenters. The highest BCUT2D eigenvalue weighted by atomic mass is 32.1. The molecule has 0 unspecified atom stereocenters. The Kier molecular flexibility index (Phi) is 4.05. The van der Waals surface area contributed by atoms with E-state index in [-0.39, 0.29) is 6.03 Å². The molecule has 0 saturated carbocycles. The van der Waals surface area contributed by atoms with E-state index in [1.807, 2.05) is 22.4 Å². The fourth-order valence-corrected chi connectivity index (χ4v) is 4.04. The van der Waals surface area contributed by atoms with E-state index in [9.17, 15) is 4.79 Å². The molecule has 7 heteroatoms. The molecule has 2 amide bonds. The van der Waals surface area contributed by atoms with Crippen LogP contribution in [0.3, 0.4) is 0 Å². The van der Waals surface area contributed by atoms with Gasteiger partial charge in [-0.15, -0.1) is 11.3 Å². The highest BCUT2D eigenvalue weighted by Gasteiger charge is 2.31. The smallest absolute Gasteiger partial charge is 0.317 e. The molecule has 2 saturated heterocycles. The van der Waals surface area contributed by atoms with Crippen molar-refractivity contribution < 1.29 is 9.21 Å². The summed E-state index contributed by atoms with van der Waals surface area (Å²) < 4.78 is 5.59. The first-order valence-corrected chi connectivity index (χ1v) is 8.92. The lowest BCUT2D eigenvalue weighted by Crippen LogP contribution is -2.48. The molecule has 1 N–H and O–H groups in total. The van der Waals surface area contributed by atoms with Gasteiger partial charge in [0, 0.05) is 32.2 Å². The van der Waals surface area contributed by atoms with Gasteiger partial charge in [0.05, 0.1) is 10.6 Å². The molecule has 0 spiro atoms. The summed E-state index contributed by atoms with van der Waals surface area (Å²) in [5.74, 6) is 0.697. The summed E-state index contributed by atoms with van der Waals surface area (Å²) in [4.78, 5) is 21.8. The number of rotatable bonds is 4. The number of nitrogens with one attached hydrogen (secondary N) is 1. The number of hydrogen-bond acceptors (Lipinski definition) is 5. The quantitative estimate of drug-likeness (QED) is 0.934. The molecule has 2 aromatic rings. The van der Waals surface area contributed by atoms with Gasteiger partial charge in [0.15, 0.2) is 0 Å². The number of nitrogens with zero attached hydrogens (tertiary/aromatic N) is 3. The van der Waals surface area contributed by atoms with E-state index in [0.717, 1.165) is 56.1 Å². The third-order valence-corrected chi connectivity index (χ3v) is 5.34. The lowest BCUT2D eigenvalue weighted by Gasteiger charge is -2.36. The van der Waals surface area contributed by atoms with Crippen molar-refractivity contribution in [1.29, 1.82) is 0 Å². The van der Waals surface area contributed by atoms with Crippen LogP contribution in [0.4, 0.5) is 4.79 Å². The van der Waals surface area contributed by atoms with Gasteiger partial charge in [-0.1, -0.05) is 6.07 Å². The number of urea groups is 1. The Labute approximate surface area is 139 Å². The van der Waals surface area contributed by atoms with Crippen LogP contribution in [0.5, 0.6) is 0 Å². The molecule has 2 aromatic heterocycles. The van der Waals surface area contributed by atoms with Crippen LogP contribution in [0.25, 0.3) is 10.8 Å². The summed E-state index contributed by atoms with van der Waals surface area (Å²) in [6, 6.07) is 4.41. The maximum Gasteiger partial charge on any atom is 0.317 e. The minimum Gasteiger partial charge on any atom is -0.444 e. The number of thiophene rings is 1. The first kappa shape index (κ1) is 14.7. The number of likely N-dealkylation sites (tertiary alicyclic amines) is 1. The molecule has 23 heavy (non-hydrogen) atoms. The number of aromatic nitrogens is 1. The number of carbonyl (C=O) groups excluding carboxylic acids is 1. The highest BCUT2D eigenvalue weighted by molar-refractivity contribution is 7.13. The van der Waals surface area contributed by atoms with E-state index in [2.05, 4.69) is 15.2 Å². The lowest BCUT2D eigenvalue weighted by molar-refractivity contribution is 0.121. The predicted molar refractivity (Wildman–Crippen MR) is 88.2 cm³/mol. The summed E-state index contributed by atoms with van der Waals surface area (Å²) in [5.41, 5.74) is 0.958. The largest absolute Gasteiger partial charge is 0.444 e. The van der Waals surface area contributed by atoms with Gasteiger partial charge >= 0.3 is 6.03 Å². The lowest BCUT2D eigenvalue weighted by atomic mass is 10.0. The molecule has 0 radical (unpaired) electrons. The highest BCUT2D eigenvalue weighted by Crippen LogP contribution is 2.25. The SMILES string of the molecule is O=C1NCCN1[C@@H]1CCCN(Cc2coc(-c3cccs3)n2)C1. The third-order valence-electron chi connectivity index (χ3n) is 4.48. The molecule has 4 heterocycles. The fourth-order valence-electron chi connectivity index (χ4n) is 3.39. The molecular weight excluding hydrogens is 312 g/mol. The number of piperidine rings is 1. The van der Waals surface area contributed by atoms with Crippen molar-refractivity contribution in [2.75, 3.05) is 26.2 Å². The van der Waals surface area contributed by atoms with Gasteiger partial charge in [0.25, 0.3) is 0 Å². The zero-order chi connectivity index (χ0) is 15.6. The van der Waals surface area contributed by atoms with Gasteiger partial charge in [-0.2, -0.15) is 0 Å². The Morgan fingerprint density at radius 3 is 3.17 bits per heavy atom. The van der Waals surface area contributed by atoms with Gasteiger partial charge < -0.3 is 14.6 Å². The summed E-state index contributed by atoms with van der Waals surface area (Å²) in [7, 11) is 0. The van der Waals surface area contributed by atoms with Crippen LogP contribution in [0.15, 0.2) is 28.2 Å². The zero-order valence-electron chi connectivity index (χ0n) is 12.9. The maximum absolute atomic E-state index is 11.8. The van der Waals surface area contributed by atoms with E-state index in [1.165, 1.54) is 0 Å². The molecule has 4 rings (SSSR count). The monoisotopic (exact) mass is 332 g/mol. The topological polar surface area (TPSA) is 61.6 Å². The minimum atomic E-state index is 0.0817. The van der Waals surface area contributed by atoms with Gasteiger partial charge in [-0.25, -0.2) is 9.78 Å². The average Bonchev–Trinajstić information content (AvgIpc) is 3.28. The van der Waals surface area contributed by atoms with Crippen molar-refractivity contribution in [2.24, 2.45) is 0 Å². The Morgan fingerprint density at radius 1 is 1.43 bits per heavy atom. The van der Waals surface area contributed by atoms with E-state index in [0.29, 0.717) is 11.9 Å². The molecular formula is C16H20N4O2S.